The van der Waals surface area contributed by atoms with Gasteiger partial charge in [-0.25, -0.2) is 0 Å². The van der Waals surface area contributed by atoms with Crippen LogP contribution in [0.2, 0.25) is 0 Å². The molecule has 21 heavy (non-hydrogen) atoms. The molecule has 1 aliphatic carbocycles. The molecule has 124 valence electrons. The van der Waals surface area contributed by atoms with E-state index in [0.717, 1.165) is 45.1 Å². The summed E-state index contributed by atoms with van der Waals surface area (Å²) in [6, 6.07) is 0. The molecule has 1 aliphatic heterocycles. The Labute approximate surface area is 145 Å². The molecule has 2 rings (SSSR count). The van der Waals surface area contributed by atoms with E-state index in [2.05, 4.69) is 15.6 Å². The topological polar surface area (TPSA) is 54.9 Å². The predicted molar refractivity (Wildman–Crippen MR) is 96.6 cm³/mol. The molecule has 1 saturated heterocycles. The van der Waals surface area contributed by atoms with Crippen LogP contribution in [0, 0.1) is 0 Å². The largest absolute Gasteiger partial charge is 0.378 e. The third-order valence-corrected chi connectivity index (χ3v) is 4.01. The summed E-state index contributed by atoms with van der Waals surface area (Å²) in [5, 5.41) is 6.64. The van der Waals surface area contributed by atoms with Crippen LogP contribution in [0.5, 0.6) is 0 Å². The molecule has 2 N–H and O–H groups in total. The smallest absolute Gasteiger partial charge is 0.191 e. The monoisotopic (exact) mass is 411 g/mol. The number of hydrogen-bond donors (Lipinski definition) is 2. The molecule has 1 unspecified atom stereocenters. The van der Waals surface area contributed by atoms with Crippen molar-refractivity contribution in [2.75, 3.05) is 33.4 Å². The van der Waals surface area contributed by atoms with E-state index >= 15 is 0 Å². The fourth-order valence-electron chi connectivity index (χ4n) is 2.82. The van der Waals surface area contributed by atoms with Crippen molar-refractivity contribution in [1.29, 1.82) is 0 Å². The zero-order valence-electron chi connectivity index (χ0n) is 13.1. The van der Waals surface area contributed by atoms with Crippen molar-refractivity contribution < 1.29 is 9.47 Å². The zero-order chi connectivity index (χ0) is 14.0. The average molecular weight is 411 g/mol. The molecular weight excluding hydrogens is 381 g/mol. The second-order valence-corrected chi connectivity index (χ2v) is 5.65. The van der Waals surface area contributed by atoms with Gasteiger partial charge in [-0.15, -0.1) is 24.0 Å². The highest BCUT2D eigenvalue weighted by molar-refractivity contribution is 14.0. The number of ether oxygens (including phenoxy) is 2. The molecule has 0 spiro atoms. The maximum Gasteiger partial charge on any atom is 0.191 e. The van der Waals surface area contributed by atoms with Crippen LogP contribution < -0.4 is 10.6 Å². The van der Waals surface area contributed by atoms with Crippen molar-refractivity contribution in [3.05, 3.63) is 0 Å². The summed E-state index contributed by atoms with van der Waals surface area (Å²) in [4.78, 5) is 4.22. The first-order chi connectivity index (χ1) is 9.88. The lowest BCUT2D eigenvalue weighted by molar-refractivity contribution is 0.0573. The van der Waals surface area contributed by atoms with Crippen molar-refractivity contribution in [3.8, 4) is 0 Å². The molecule has 0 aromatic heterocycles. The van der Waals surface area contributed by atoms with E-state index < -0.39 is 0 Å². The standard InChI is InChI=1S/C15H29N3O2.HI/c1-16-15(18-12-14-8-4-10-20-14)17-9-5-11-19-13-6-2-3-7-13;/h13-14H,2-12H2,1H3,(H2,16,17,18);1H. The number of aliphatic imine (C=N–C) groups is 1. The van der Waals surface area contributed by atoms with Crippen molar-refractivity contribution in [2.45, 2.75) is 57.2 Å². The third-order valence-electron chi connectivity index (χ3n) is 4.01. The van der Waals surface area contributed by atoms with E-state index in [-0.39, 0.29) is 24.0 Å². The van der Waals surface area contributed by atoms with Gasteiger partial charge in [0, 0.05) is 33.4 Å². The summed E-state index contributed by atoms with van der Waals surface area (Å²) in [6.45, 7) is 3.49. The molecule has 0 aromatic rings. The van der Waals surface area contributed by atoms with E-state index in [0.29, 0.717) is 12.2 Å². The van der Waals surface area contributed by atoms with Gasteiger partial charge in [-0.05, 0) is 32.1 Å². The van der Waals surface area contributed by atoms with E-state index in [9.17, 15) is 0 Å². The summed E-state index contributed by atoms with van der Waals surface area (Å²) in [7, 11) is 1.81. The van der Waals surface area contributed by atoms with E-state index in [1.54, 1.807) is 7.05 Å². The highest BCUT2D eigenvalue weighted by Gasteiger charge is 2.16. The third kappa shape index (κ3) is 7.65. The lowest BCUT2D eigenvalue weighted by Gasteiger charge is -2.15. The van der Waals surface area contributed by atoms with E-state index in [1.165, 1.54) is 32.1 Å². The van der Waals surface area contributed by atoms with Gasteiger partial charge in [0.1, 0.15) is 0 Å². The van der Waals surface area contributed by atoms with E-state index in [1.807, 2.05) is 0 Å². The zero-order valence-corrected chi connectivity index (χ0v) is 15.4. The Morgan fingerprint density at radius 2 is 2.00 bits per heavy atom. The summed E-state index contributed by atoms with van der Waals surface area (Å²) < 4.78 is 11.4. The SMILES string of the molecule is CN=C(NCCCOC1CCCC1)NCC1CCCO1.I. The van der Waals surface area contributed by atoms with Crippen molar-refractivity contribution in [1.82, 2.24) is 10.6 Å². The van der Waals surface area contributed by atoms with Crippen molar-refractivity contribution >= 4 is 29.9 Å². The fourth-order valence-corrected chi connectivity index (χ4v) is 2.82. The Morgan fingerprint density at radius 1 is 1.19 bits per heavy atom. The lowest BCUT2D eigenvalue weighted by Crippen LogP contribution is -2.41. The van der Waals surface area contributed by atoms with Crippen LogP contribution in [-0.2, 0) is 9.47 Å². The van der Waals surface area contributed by atoms with Gasteiger partial charge in [-0.1, -0.05) is 12.8 Å². The molecule has 2 fully saturated rings. The first kappa shape index (κ1) is 19.0. The lowest BCUT2D eigenvalue weighted by atomic mass is 10.2. The normalized spacial score (nSPS) is 23.1. The number of guanidine groups is 1. The second kappa shape index (κ2) is 11.5. The summed E-state index contributed by atoms with van der Waals surface area (Å²) in [5.74, 6) is 0.862. The number of hydrogen-bond acceptors (Lipinski definition) is 3. The van der Waals surface area contributed by atoms with Crippen molar-refractivity contribution in [2.24, 2.45) is 4.99 Å². The molecule has 1 heterocycles. The molecular formula is C15H30IN3O2. The number of nitrogens with one attached hydrogen (secondary N) is 2. The van der Waals surface area contributed by atoms with Crippen LogP contribution in [0.25, 0.3) is 0 Å². The highest BCUT2D eigenvalue weighted by Crippen LogP contribution is 2.20. The molecule has 0 radical (unpaired) electrons. The van der Waals surface area contributed by atoms with Crippen LogP contribution >= 0.6 is 24.0 Å². The minimum absolute atomic E-state index is 0. The van der Waals surface area contributed by atoms with Crippen LogP contribution in [0.15, 0.2) is 4.99 Å². The van der Waals surface area contributed by atoms with Gasteiger partial charge in [0.05, 0.1) is 12.2 Å². The molecule has 0 bridgehead atoms. The van der Waals surface area contributed by atoms with Crippen LogP contribution in [0.4, 0.5) is 0 Å². The van der Waals surface area contributed by atoms with E-state index in [4.69, 9.17) is 9.47 Å². The van der Waals surface area contributed by atoms with Crippen LogP contribution in [0.3, 0.4) is 0 Å². The Balaban J connectivity index is 0.00000220. The first-order valence-corrected chi connectivity index (χ1v) is 8.06. The number of halogens is 1. The average Bonchev–Trinajstić information content (AvgIpc) is 3.14. The second-order valence-electron chi connectivity index (χ2n) is 5.65. The van der Waals surface area contributed by atoms with Crippen LogP contribution in [0.1, 0.15) is 44.9 Å². The first-order valence-electron chi connectivity index (χ1n) is 8.06. The van der Waals surface area contributed by atoms with Gasteiger partial charge in [0.15, 0.2) is 5.96 Å². The molecule has 6 heteroatoms. The number of rotatable bonds is 7. The predicted octanol–water partition coefficient (Wildman–Crippen LogP) is 2.30. The Hall–Kier alpha value is -0.0800. The molecule has 0 aromatic carbocycles. The molecule has 2 aliphatic rings. The number of nitrogens with zero attached hydrogens (tertiary/aromatic N) is 1. The fraction of sp³-hybridized carbons (Fsp3) is 0.933. The van der Waals surface area contributed by atoms with Gasteiger partial charge in [-0.2, -0.15) is 0 Å². The minimum Gasteiger partial charge on any atom is -0.378 e. The summed E-state index contributed by atoms with van der Waals surface area (Å²) in [5.41, 5.74) is 0. The molecule has 1 saturated carbocycles. The maximum atomic E-state index is 5.84. The Bertz CT molecular complexity index is 291. The quantitative estimate of drug-likeness (QED) is 0.292. The van der Waals surface area contributed by atoms with Gasteiger partial charge in [0.25, 0.3) is 0 Å². The molecule has 1 atom stereocenters. The van der Waals surface area contributed by atoms with Crippen molar-refractivity contribution in [3.63, 3.8) is 0 Å². The Kier molecular flexibility index (Phi) is 10.4. The Morgan fingerprint density at radius 3 is 2.67 bits per heavy atom. The van der Waals surface area contributed by atoms with Gasteiger partial charge >= 0.3 is 0 Å². The molecule has 0 amide bonds. The van der Waals surface area contributed by atoms with Gasteiger partial charge in [0.2, 0.25) is 0 Å². The summed E-state index contributed by atoms with van der Waals surface area (Å²) >= 11 is 0. The van der Waals surface area contributed by atoms with Crippen LogP contribution in [-0.4, -0.2) is 51.5 Å². The molecule has 5 nitrogen and oxygen atoms in total. The maximum absolute atomic E-state index is 5.84. The summed E-state index contributed by atoms with van der Waals surface area (Å²) in [6.07, 6.45) is 9.39. The van der Waals surface area contributed by atoms with Gasteiger partial charge in [-0.3, -0.25) is 4.99 Å². The highest BCUT2D eigenvalue weighted by atomic mass is 127. The minimum atomic E-state index is 0. The van der Waals surface area contributed by atoms with Gasteiger partial charge < -0.3 is 20.1 Å².